The molecule has 1 N–H and O–H groups in total. The molecule has 1 fully saturated rings. The van der Waals surface area contributed by atoms with Gasteiger partial charge in [-0.1, -0.05) is 6.42 Å². The number of aryl methyl sites for hydroxylation is 1. The zero-order chi connectivity index (χ0) is 9.26. The number of aliphatic hydroxyl groups excluding tert-OH is 1. The van der Waals surface area contributed by atoms with E-state index in [1.807, 2.05) is 11.3 Å². The van der Waals surface area contributed by atoms with E-state index in [0.29, 0.717) is 5.92 Å². The molecule has 0 spiro atoms. The van der Waals surface area contributed by atoms with Crippen LogP contribution in [0.25, 0.3) is 0 Å². The minimum absolute atomic E-state index is 0.0545. The van der Waals surface area contributed by atoms with Crippen LogP contribution in [0.5, 0.6) is 0 Å². The Labute approximate surface area is 83.4 Å². The molecule has 1 aromatic rings. The first-order valence-electron chi connectivity index (χ1n) is 5.00. The van der Waals surface area contributed by atoms with Crippen molar-refractivity contribution in [2.75, 3.05) is 0 Å². The lowest BCUT2D eigenvalue weighted by Crippen LogP contribution is -2.17. The molecule has 13 heavy (non-hydrogen) atoms. The van der Waals surface area contributed by atoms with E-state index in [1.54, 1.807) is 0 Å². The largest absolute Gasteiger partial charge is 0.393 e. The predicted octanol–water partition coefficient (Wildman–Crippen LogP) is 3.08. The van der Waals surface area contributed by atoms with Crippen LogP contribution in [0.4, 0.5) is 0 Å². The average molecular weight is 196 g/mol. The van der Waals surface area contributed by atoms with Crippen LogP contribution in [0.1, 0.15) is 41.4 Å². The molecule has 2 atom stereocenters. The zero-order valence-electron chi connectivity index (χ0n) is 7.99. The monoisotopic (exact) mass is 196 g/mol. The summed E-state index contributed by atoms with van der Waals surface area (Å²) in [7, 11) is 0. The Bertz CT molecular complexity index is 279. The lowest BCUT2D eigenvalue weighted by molar-refractivity contribution is 0.120. The van der Waals surface area contributed by atoms with E-state index in [2.05, 4.69) is 19.1 Å². The van der Waals surface area contributed by atoms with E-state index in [9.17, 15) is 5.11 Å². The fourth-order valence-corrected chi connectivity index (χ4v) is 3.12. The summed E-state index contributed by atoms with van der Waals surface area (Å²) in [6.07, 6.45) is 4.36. The van der Waals surface area contributed by atoms with Gasteiger partial charge in [0.25, 0.3) is 0 Å². The molecule has 2 rings (SSSR count). The van der Waals surface area contributed by atoms with Crippen LogP contribution in [0.2, 0.25) is 0 Å². The highest BCUT2D eigenvalue weighted by atomic mass is 32.1. The van der Waals surface area contributed by atoms with Gasteiger partial charge in [-0.3, -0.25) is 0 Å². The van der Waals surface area contributed by atoms with Gasteiger partial charge in [0.2, 0.25) is 0 Å². The summed E-state index contributed by atoms with van der Waals surface area (Å²) < 4.78 is 0. The van der Waals surface area contributed by atoms with E-state index < -0.39 is 0 Å². The summed E-state index contributed by atoms with van der Waals surface area (Å²) in [6.45, 7) is 2.15. The number of hydrogen-bond acceptors (Lipinski definition) is 2. The van der Waals surface area contributed by atoms with Gasteiger partial charge >= 0.3 is 0 Å². The maximum absolute atomic E-state index is 9.55. The Kier molecular flexibility index (Phi) is 2.70. The number of hydrogen-bond donors (Lipinski definition) is 1. The quantitative estimate of drug-likeness (QED) is 0.732. The van der Waals surface area contributed by atoms with E-state index in [0.717, 1.165) is 12.8 Å². The van der Waals surface area contributed by atoms with Crippen LogP contribution in [-0.4, -0.2) is 11.2 Å². The second kappa shape index (κ2) is 3.81. The summed E-state index contributed by atoms with van der Waals surface area (Å²) in [6, 6.07) is 4.41. The van der Waals surface area contributed by atoms with Crippen molar-refractivity contribution < 1.29 is 5.11 Å². The van der Waals surface area contributed by atoms with Gasteiger partial charge in [-0.25, -0.2) is 0 Å². The Balaban J connectivity index is 2.08. The number of thiophene rings is 1. The van der Waals surface area contributed by atoms with Crippen molar-refractivity contribution in [1.82, 2.24) is 0 Å². The Morgan fingerprint density at radius 3 is 2.85 bits per heavy atom. The number of rotatable bonds is 1. The van der Waals surface area contributed by atoms with E-state index in [-0.39, 0.29) is 6.10 Å². The van der Waals surface area contributed by atoms with Gasteiger partial charge in [0.1, 0.15) is 0 Å². The molecule has 1 aliphatic carbocycles. The molecule has 1 heterocycles. The fraction of sp³-hybridized carbons (Fsp3) is 0.636. The zero-order valence-corrected chi connectivity index (χ0v) is 8.81. The summed E-state index contributed by atoms with van der Waals surface area (Å²) >= 11 is 1.89. The van der Waals surface area contributed by atoms with E-state index in [1.165, 1.54) is 22.6 Å². The molecule has 2 heteroatoms. The van der Waals surface area contributed by atoms with Crippen molar-refractivity contribution in [3.8, 4) is 0 Å². The molecule has 0 saturated heterocycles. The third-order valence-corrected chi connectivity index (χ3v) is 3.97. The summed E-state index contributed by atoms with van der Waals surface area (Å²) in [5, 5.41) is 9.55. The van der Waals surface area contributed by atoms with E-state index in [4.69, 9.17) is 0 Å². The SMILES string of the molecule is Cc1ccc(C2CCCC(O)C2)s1. The van der Waals surface area contributed by atoms with Crippen LogP contribution in [0, 0.1) is 6.92 Å². The minimum atomic E-state index is -0.0545. The van der Waals surface area contributed by atoms with Gasteiger partial charge in [-0.2, -0.15) is 0 Å². The third-order valence-electron chi connectivity index (χ3n) is 2.81. The predicted molar refractivity (Wildman–Crippen MR) is 56.3 cm³/mol. The molecule has 1 nitrogen and oxygen atoms in total. The fourth-order valence-electron chi connectivity index (χ4n) is 2.10. The Morgan fingerprint density at radius 1 is 1.38 bits per heavy atom. The molecular weight excluding hydrogens is 180 g/mol. The molecule has 72 valence electrons. The first-order chi connectivity index (χ1) is 6.25. The normalized spacial score (nSPS) is 29.1. The first-order valence-corrected chi connectivity index (χ1v) is 5.82. The van der Waals surface area contributed by atoms with Gasteiger partial charge in [0, 0.05) is 9.75 Å². The topological polar surface area (TPSA) is 20.2 Å². The molecule has 0 radical (unpaired) electrons. The van der Waals surface area contributed by atoms with Gasteiger partial charge in [0.05, 0.1) is 6.10 Å². The summed E-state index contributed by atoms with van der Waals surface area (Å²) in [5.41, 5.74) is 0. The highest BCUT2D eigenvalue weighted by Gasteiger charge is 2.22. The Hall–Kier alpha value is -0.340. The molecule has 0 aliphatic heterocycles. The van der Waals surface area contributed by atoms with Gasteiger partial charge in [-0.15, -0.1) is 11.3 Å². The van der Waals surface area contributed by atoms with Crippen LogP contribution >= 0.6 is 11.3 Å². The van der Waals surface area contributed by atoms with Gasteiger partial charge in [0.15, 0.2) is 0 Å². The number of aliphatic hydroxyl groups is 1. The van der Waals surface area contributed by atoms with Crippen LogP contribution in [0.3, 0.4) is 0 Å². The first kappa shape index (κ1) is 9.22. The molecule has 0 amide bonds. The molecule has 1 aliphatic rings. The minimum Gasteiger partial charge on any atom is -0.393 e. The molecule has 0 bridgehead atoms. The summed E-state index contributed by atoms with van der Waals surface area (Å²) in [5.74, 6) is 0.627. The van der Waals surface area contributed by atoms with Crippen molar-refractivity contribution in [2.24, 2.45) is 0 Å². The van der Waals surface area contributed by atoms with Crippen molar-refractivity contribution in [3.63, 3.8) is 0 Å². The van der Waals surface area contributed by atoms with Crippen molar-refractivity contribution in [1.29, 1.82) is 0 Å². The van der Waals surface area contributed by atoms with E-state index >= 15 is 0 Å². The smallest absolute Gasteiger partial charge is 0.0546 e. The van der Waals surface area contributed by atoms with Crippen molar-refractivity contribution >= 4 is 11.3 Å². The van der Waals surface area contributed by atoms with Crippen molar-refractivity contribution in [2.45, 2.75) is 44.6 Å². The highest BCUT2D eigenvalue weighted by molar-refractivity contribution is 7.12. The van der Waals surface area contributed by atoms with Crippen LogP contribution in [0.15, 0.2) is 12.1 Å². The maximum atomic E-state index is 9.55. The van der Waals surface area contributed by atoms with Crippen molar-refractivity contribution in [3.05, 3.63) is 21.9 Å². The van der Waals surface area contributed by atoms with Gasteiger partial charge in [-0.05, 0) is 44.2 Å². The second-order valence-electron chi connectivity index (χ2n) is 3.97. The molecule has 1 saturated carbocycles. The highest BCUT2D eigenvalue weighted by Crippen LogP contribution is 2.36. The molecular formula is C11H16OS. The third kappa shape index (κ3) is 2.12. The standard InChI is InChI=1S/C11H16OS/c1-8-5-6-11(13-8)9-3-2-4-10(12)7-9/h5-6,9-10,12H,2-4,7H2,1H3. The average Bonchev–Trinajstić information content (AvgIpc) is 2.52. The lowest BCUT2D eigenvalue weighted by atomic mass is 9.86. The lowest BCUT2D eigenvalue weighted by Gasteiger charge is -2.24. The maximum Gasteiger partial charge on any atom is 0.0546 e. The summed E-state index contributed by atoms with van der Waals surface area (Å²) in [4.78, 5) is 2.85. The van der Waals surface area contributed by atoms with Crippen LogP contribution < -0.4 is 0 Å². The van der Waals surface area contributed by atoms with Gasteiger partial charge < -0.3 is 5.11 Å². The second-order valence-corrected chi connectivity index (χ2v) is 5.29. The molecule has 0 aromatic carbocycles. The van der Waals surface area contributed by atoms with Crippen LogP contribution in [-0.2, 0) is 0 Å². The molecule has 2 unspecified atom stereocenters. The molecule has 1 aromatic heterocycles. The Morgan fingerprint density at radius 2 is 2.23 bits per heavy atom.